The number of nitrogens with zero attached hydrogens (tertiary/aromatic N) is 4. The van der Waals surface area contributed by atoms with E-state index in [9.17, 15) is 20.0 Å². The third kappa shape index (κ3) is 5.18. The van der Waals surface area contributed by atoms with Crippen molar-refractivity contribution in [3.63, 3.8) is 0 Å². The number of phosphoric ester groups is 1. The number of nitrogens with one attached hydrogen (secondary N) is 1. The molecule has 178 valence electrons. The maximum atomic E-state index is 11.0. The number of aliphatic hydroxyl groups excluding tert-OH is 2. The summed E-state index contributed by atoms with van der Waals surface area (Å²) in [6.07, 6.45) is -1.82. The lowest BCUT2D eigenvalue weighted by molar-refractivity contribution is -0.0501. The molecule has 0 spiro atoms. The Morgan fingerprint density at radius 2 is 2.09 bits per heavy atom. The van der Waals surface area contributed by atoms with Gasteiger partial charge in [0.15, 0.2) is 12.1 Å². The fourth-order valence-electron chi connectivity index (χ4n) is 3.41. The Bertz CT molecular complexity index is 1020. The Labute approximate surface area is 182 Å². The van der Waals surface area contributed by atoms with Crippen LogP contribution in [0.5, 0.6) is 0 Å². The molecule has 1 aliphatic heterocycles. The molecule has 4 atom stereocenters. The molecule has 0 amide bonds. The van der Waals surface area contributed by atoms with Gasteiger partial charge in [0.05, 0.1) is 17.6 Å². The van der Waals surface area contributed by atoms with Crippen LogP contribution < -0.4 is 11.1 Å². The maximum Gasteiger partial charge on any atom is 0.469 e. The second-order valence-corrected chi connectivity index (χ2v) is 9.04. The zero-order valence-electron chi connectivity index (χ0n) is 17.4. The van der Waals surface area contributed by atoms with E-state index < -0.39 is 39.0 Å². The first-order valence-electron chi connectivity index (χ1n) is 9.82. The standard InChI is InChI=1S/C17H27N6O8P/c1-8(2)3-4-19-15-11-9(14(18)22-26)5-23(16(11)21-7-20-15)17-13(25)12(24)10(31-17)6-30-32(27,28)29/h5,7-8,10,12-13,17,24-26H,3-4,6H2,1-2H3,(H2,18,22)(H,19,20,21)(H2,27,28,29)/t10?,12?,13-,17-/m1/s1. The van der Waals surface area contributed by atoms with E-state index in [1.807, 2.05) is 0 Å². The first-order chi connectivity index (χ1) is 15.0. The fourth-order valence-corrected chi connectivity index (χ4v) is 3.75. The Hall–Kier alpha value is -2.32. The molecule has 0 saturated carbocycles. The maximum absolute atomic E-state index is 11.0. The van der Waals surface area contributed by atoms with Crippen LogP contribution in [-0.4, -0.2) is 77.0 Å². The number of anilines is 1. The summed E-state index contributed by atoms with van der Waals surface area (Å²) in [6, 6.07) is 0. The van der Waals surface area contributed by atoms with E-state index in [2.05, 4.69) is 38.8 Å². The Kier molecular flexibility index (Phi) is 7.35. The highest BCUT2D eigenvalue weighted by atomic mass is 31.2. The van der Waals surface area contributed by atoms with Crippen LogP contribution in [0, 0.1) is 5.92 Å². The van der Waals surface area contributed by atoms with Crippen LogP contribution in [0.25, 0.3) is 11.0 Å². The average molecular weight is 474 g/mol. The summed E-state index contributed by atoms with van der Waals surface area (Å²) in [4.78, 5) is 26.2. The van der Waals surface area contributed by atoms with Gasteiger partial charge in [0, 0.05) is 12.7 Å². The van der Waals surface area contributed by atoms with Crippen LogP contribution in [0.1, 0.15) is 32.1 Å². The molecule has 15 heteroatoms. The number of fused-ring (bicyclic) bond motifs is 1. The van der Waals surface area contributed by atoms with E-state index in [-0.39, 0.29) is 17.0 Å². The van der Waals surface area contributed by atoms with E-state index in [0.717, 1.165) is 6.42 Å². The number of amidine groups is 1. The van der Waals surface area contributed by atoms with Gasteiger partial charge in [-0.1, -0.05) is 19.0 Å². The van der Waals surface area contributed by atoms with Crippen molar-refractivity contribution >= 4 is 30.5 Å². The van der Waals surface area contributed by atoms with Crippen molar-refractivity contribution in [2.24, 2.45) is 16.8 Å². The van der Waals surface area contributed by atoms with Crippen molar-refractivity contribution in [1.82, 2.24) is 14.5 Å². The predicted molar refractivity (Wildman–Crippen MR) is 112 cm³/mol. The average Bonchev–Trinajstić information content (AvgIpc) is 3.24. The minimum atomic E-state index is -4.80. The number of aliphatic hydroxyl groups is 2. The van der Waals surface area contributed by atoms with Gasteiger partial charge in [-0.05, 0) is 12.3 Å². The molecular formula is C17H27N6O8P. The SMILES string of the molecule is CC(C)CCNc1ncnc2c1c(C(N)=NO)cn2[C@@H]1OC(COP(=O)(O)O)C(O)[C@H]1O. The van der Waals surface area contributed by atoms with Crippen LogP contribution in [0.3, 0.4) is 0 Å². The minimum Gasteiger partial charge on any atom is -0.409 e. The van der Waals surface area contributed by atoms with Gasteiger partial charge in [0.25, 0.3) is 0 Å². The van der Waals surface area contributed by atoms with E-state index in [0.29, 0.717) is 23.7 Å². The lowest BCUT2D eigenvalue weighted by atomic mass is 10.1. The molecule has 1 aliphatic rings. The molecule has 1 saturated heterocycles. The molecule has 0 bridgehead atoms. The van der Waals surface area contributed by atoms with Crippen molar-refractivity contribution < 1.29 is 39.0 Å². The zero-order valence-corrected chi connectivity index (χ0v) is 18.3. The van der Waals surface area contributed by atoms with Gasteiger partial charge >= 0.3 is 7.82 Å². The van der Waals surface area contributed by atoms with Crippen molar-refractivity contribution in [3.8, 4) is 0 Å². The van der Waals surface area contributed by atoms with Gasteiger partial charge in [-0.25, -0.2) is 14.5 Å². The van der Waals surface area contributed by atoms with E-state index in [1.165, 1.54) is 17.1 Å². The van der Waals surface area contributed by atoms with Gasteiger partial charge in [-0.3, -0.25) is 4.52 Å². The van der Waals surface area contributed by atoms with Crippen LogP contribution in [-0.2, 0) is 13.8 Å². The molecule has 0 aromatic carbocycles. The first-order valence-corrected chi connectivity index (χ1v) is 11.4. The van der Waals surface area contributed by atoms with Gasteiger partial charge in [-0.2, -0.15) is 0 Å². The number of aromatic nitrogens is 3. The smallest absolute Gasteiger partial charge is 0.409 e. The topological polar surface area (TPSA) is 218 Å². The number of rotatable bonds is 9. The molecule has 3 rings (SSSR count). The third-order valence-electron chi connectivity index (χ3n) is 5.03. The van der Waals surface area contributed by atoms with Crippen LogP contribution in [0.2, 0.25) is 0 Å². The lowest BCUT2D eigenvalue weighted by Crippen LogP contribution is -2.33. The second-order valence-electron chi connectivity index (χ2n) is 7.80. The third-order valence-corrected chi connectivity index (χ3v) is 5.51. The summed E-state index contributed by atoms with van der Waals surface area (Å²) >= 11 is 0. The van der Waals surface area contributed by atoms with Crippen LogP contribution in [0.4, 0.5) is 5.82 Å². The monoisotopic (exact) mass is 474 g/mol. The number of oxime groups is 1. The largest absolute Gasteiger partial charge is 0.469 e. The fraction of sp³-hybridized carbons (Fsp3) is 0.588. The predicted octanol–water partition coefficient (Wildman–Crippen LogP) is -0.288. The highest BCUT2D eigenvalue weighted by molar-refractivity contribution is 7.46. The van der Waals surface area contributed by atoms with Crippen LogP contribution >= 0.6 is 7.82 Å². The van der Waals surface area contributed by atoms with Gasteiger partial charge in [-0.15, -0.1) is 0 Å². The van der Waals surface area contributed by atoms with E-state index >= 15 is 0 Å². The van der Waals surface area contributed by atoms with Gasteiger partial charge < -0.3 is 45.6 Å². The first kappa shape index (κ1) is 24.3. The highest BCUT2D eigenvalue weighted by Gasteiger charge is 2.45. The summed E-state index contributed by atoms with van der Waals surface area (Å²) in [6.45, 7) is 4.11. The number of hydrogen-bond acceptors (Lipinski definition) is 10. The Morgan fingerprint density at radius 3 is 2.72 bits per heavy atom. The van der Waals surface area contributed by atoms with E-state index in [4.69, 9.17) is 20.3 Å². The van der Waals surface area contributed by atoms with Crippen molar-refractivity contribution in [1.29, 1.82) is 0 Å². The summed E-state index contributed by atoms with van der Waals surface area (Å²) in [5.41, 5.74) is 6.37. The molecule has 14 nitrogen and oxygen atoms in total. The zero-order chi connectivity index (χ0) is 23.6. The van der Waals surface area contributed by atoms with E-state index in [1.54, 1.807) is 0 Å². The quantitative estimate of drug-likeness (QED) is 0.0820. The lowest BCUT2D eigenvalue weighted by Gasteiger charge is -2.17. The molecule has 0 aliphatic carbocycles. The van der Waals surface area contributed by atoms with Crippen molar-refractivity contribution in [2.75, 3.05) is 18.5 Å². The molecule has 8 N–H and O–H groups in total. The molecular weight excluding hydrogens is 447 g/mol. The summed E-state index contributed by atoms with van der Waals surface area (Å²) < 4.78 is 22.4. The summed E-state index contributed by atoms with van der Waals surface area (Å²) in [5.74, 6) is 0.638. The highest BCUT2D eigenvalue weighted by Crippen LogP contribution is 2.39. The Morgan fingerprint density at radius 1 is 1.38 bits per heavy atom. The number of ether oxygens (including phenoxy) is 1. The molecule has 2 aromatic rings. The summed E-state index contributed by atoms with van der Waals surface area (Å²) in [7, 11) is -4.80. The molecule has 3 heterocycles. The van der Waals surface area contributed by atoms with Crippen molar-refractivity contribution in [3.05, 3.63) is 18.1 Å². The molecule has 0 radical (unpaired) electrons. The minimum absolute atomic E-state index is 0.232. The van der Waals surface area contributed by atoms with Gasteiger partial charge in [0.2, 0.25) is 0 Å². The normalized spacial score (nSPS) is 24.5. The number of hydrogen-bond donors (Lipinski definition) is 7. The molecule has 32 heavy (non-hydrogen) atoms. The number of nitrogens with two attached hydrogens (primary N) is 1. The van der Waals surface area contributed by atoms with Crippen LogP contribution in [0.15, 0.2) is 17.7 Å². The second kappa shape index (κ2) is 9.67. The Balaban J connectivity index is 1.99. The molecule has 2 unspecified atom stereocenters. The van der Waals surface area contributed by atoms with Crippen molar-refractivity contribution in [2.45, 2.75) is 44.8 Å². The molecule has 2 aromatic heterocycles. The summed E-state index contributed by atoms with van der Waals surface area (Å²) in [5, 5.41) is 36.7. The number of phosphoric acid groups is 1. The van der Waals surface area contributed by atoms with Gasteiger partial charge in [0.1, 0.15) is 36.1 Å². The molecule has 1 fully saturated rings.